The third-order valence-corrected chi connectivity index (χ3v) is 3.76. The molecule has 0 bridgehead atoms. The molecule has 0 radical (unpaired) electrons. The highest BCUT2D eigenvalue weighted by atomic mass is 79.9. The van der Waals surface area contributed by atoms with Gasteiger partial charge in [-0.05, 0) is 52.4 Å². The average molecular weight is 302 g/mol. The van der Waals surface area contributed by atoms with Crippen molar-refractivity contribution in [1.29, 1.82) is 0 Å². The Labute approximate surface area is 112 Å². The summed E-state index contributed by atoms with van der Waals surface area (Å²) < 4.78 is 13.7. The van der Waals surface area contributed by atoms with E-state index in [0.717, 1.165) is 31.2 Å². The molecule has 3 heteroatoms. The molecule has 1 nitrogen and oxygen atoms in total. The van der Waals surface area contributed by atoms with Gasteiger partial charge < -0.3 is 5.73 Å². The van der Waals surface area contributed by atoms with Gasteiger partial charge in [0.25, 0.3) is 0 Å². The van der Waals surface area contributed by atoms with Gasteiger partial charge in [-0.25, -0.2) is 4.39 Å². The van der Waals surface area contributed by atoms with Gasteiger partial charge in [-0.3, -0.25) is 0 Å². The third kappa shape index (κ3) is 4.07. The normalized spacial score (nSPS) is 13.1. The first-order valence-electron chi connectivity index (χ1n) is 6.30. The molecule has 2 N–H and O–H groups in total. The van der Waals surface area contributed by atoms with Gasteiger partial charge in [0.1, 0.15) is 5.82 Å². The number of benzene rings is 1. The molecular formula is C14H21BrFN. The van der Waals surface area contributed by atoms with Crippen LogP contribution in [0.1, 0.15) is 51.1 Å². The van der Waals surface area contributed by atoms with E-state index < -0.39 is 0 Å². The Balaban J connectivity index is 2.84. The van der Waals surface area contributed by atoms with Gasteiger partial charge in [-0.1, -0.05) is 32.8 Å². The van der Waals surface area contributed by atoms with Crippen molar-refractivity contribution < 1.29 is 4.39 Å². The molecule has 0 spiro atoms. The summed E-state index contributed by atoms with van der Waals surface area (Å²) in [5, 5.41) is 0. The molecule has 1 rings (SSSR count). The molecule has 1 unspecified atom stereocenters. The van der Waals surface area contributed by atoms with Crippen LogP contribution in [0, 0.1) is 11.7 Å². The summed E-state index contributed by atoms with van der Waals surface area (Å²) in [6.07, 6.45) is 4.54. The minimum Gasteiger partial charge on any atom is -0.324 e. The zero-order valence-electron chi connectivity index (χ0n) is 10.5. The molecule has 1 aromatic carbocycles. The summed E-state index contributed by atoms with van der Waals surface area (Å²) in [5.74, 6) is 0.255. The van der Waals surface area contributed by atoms with Gasteiger partial charge in [-0.15, -0.1) is 0 Å². The molecule has 0 aromatic heterocycles. The highest BCUT2D eigenvalue weighted by Gasteiger charge is 2.18. The topological polar surface area (TPSA) is 26.0 Å². The Morgan fingerprint density at radius 3 is 2.29 bits per heavy atom. The summed E-state index contributed by atoms with van der Waals surface area (Å²) >= 11 is 3.21. The lowest BCUT2D eigenvalue weighted by atomic mass is 9.87. The molecule has 0 heterocycles. The molecule has 0 fully saturated rings. The summed E-state index contributed by atoms with van der Waals surface area (Å²) in [6.45, 7) is 4.35. The van der Waals surface area contributed by atoms with E-state index in [2.05, 4.69) is 29.8 Å². The first kappa shape index (κ1) is 14.7. The van der Waals surface area contributed by atoms with Crippen molar-refractivity contribution in [3.63, 3.8) is 0 Å². The van der Waals surface area contributed by atoms with E-state index in [1.165, 1.54) is 6.07 Å². The standard InChI is InChI=1S/C14H21BrFN/c1-3-5-10(6-4-2)14(17)11-7-8-13(16)12(15)9-11/h7-10,14H,3-6,17H2,1-2H3. The van der Waals surface area contributed by atoms with E-state index in [9.17, 15) is 4.39 Å². The van der Waals surface area contributed by atoms with Gasteiger partial charge in [0.05, 0.1) is 4.47 Å². The molecule has 96 valence electrons. The second-order valence-electron chi connectivity index (χ2n) is 4.54. The molecule has 0 aliphatic heterocycles. The fraction of sp³-hybridized carbons (Fsp3) is 0.571. The van der Waals surface area contributed by atoms with Crippen LogP contribution in [0.3, 0.4) is 0 Å². The maximum absolute atomic E-state index is 13.2. The van der Waals surface area contributed by atoms with E-state index in [4.69, 9.17) is 5.73 Å². The number of nitrogens with two attached hydrogens (primary N) is 1. The smallest absolute Gasteiger partial charge is 0.137 e. The van der Waals surface area contributed by atoms with Gasteiger partial charge in [0.2, 0.25) is 0 Å². The van der Waals surface area contributed by atoms with Gasteiger partial charge >= 0.3 is 0 Å². The van der Waals surface area contributed by atoms with Gasteiger partial charge in [0.15, 0.2) is 0 Å². The highest BCUT2D eigenvalue weighted by molar-refractivity contribution is 9.10. The van der Waals surface area contributed by atoms with Crippen molar-refractivity contribution in [2.24, 2.45) is 11.7 Å². The van der Waals surface area contributed by atoms with Crippen LogP contribution in [-0.2, 0) is 0 Å². The molecule has 0 saturated heterocycles. The first-order valence-corrected chi connectivity index (χ1v) is 7.10. The van der Waals surface area contributed by atoms with E-state index in [-0.39, 0.29) is 11.9 Å². The van der Waals surface area contributed by atoms with Gasteiger partial charge in [0, 0.05) is 6.04 Å². The minimum absolute atomic E-state index is 0.00630. The summed E-state index contributed by atoms with van der Waals surface area (Å²) in [5.41, 5.74) is 7.31. The highest BCUT2D eigenvalue weighted by Crippen LogP contribution is 2.29. The summed E-state index contributed by atoms with van der Waals surface area (Å²) in [6, 6.07) is 5.09. The Hall–Kier alpha value is -0.410. The zero-order chi connectivity index (χ0) is 12.8. The van der Waals surface area contributed by atoms with Gasteiger partial charge in [-0.2, -0.15) is 0 Å². The first-order chi connectivity index (χ1) is 8.10. The van der Waals surface area contributed by atoms with Crippen molar-refractivity contribution in [2.75, 3.05) is 0 Å². The maximum Gasteiger partial charge on any atom is 0.137 e. The van der Waals surface area contributed by atoms with Crippen LogP contribution in [0.25, 0.3) is 0 Å². The monoisotopic (exact) mass is 301 g/mol. The predicted octanol–water partition coefficient (Wildman–Crippen LogP) is 4.80. The van der Waals surface area contributed by atoms with Crippen molar-refractivity contribution in [1.82, 2.24) is 0 Å². The van der Waals surface area contributed by atoms with Crippen LogP contribution in [-0.4, -0.2) is 0 Å². The van der Waals surface area contributed by atoms with E-state index in [0.29, 0.717) is 10.4 Å². The van der Waals surface area contributed by atoms with Crippen LogP contribution < -0.4 is 5.73 Å². The molecule has 17 heavy (non-hydrogen) atoms. The van der Waals surface area contributed by atoms with E-state index in [1.54, 1.807) is 12.1 Å². The fourth-order valence-electron chi connectivity index (χ4n) is 2.24. The van der Waals surface area contributed by atoms with Crippen LogP contribution in [0.2, 0.25) is 0 Å². The van der Waals surface area contributed by atoms with Crippen LogP contribution in [0.5, 0.6) is 0 Å². The second-order valence-corrected chi connectivity index (χ2v) is 5.39. The minimum atomic E-state index is -0.233. The predicted molar refractivity (Wildman–Crippen MR) is 74.3 cm³/mol. The lowest BCUT2D eigenvalue weighted by Gasteiger charge is -2.23. The van der Waals surface area contributed by atoms with Crippen molar-refractivity contribution in [2.45, 2.75) is 45.6 Å². The quantitative estimate of drug-likeness (QED) is 0.802. The zero-order valence-corrected chi connectivity index (χ0v) is 12.1. The van der Waals surface area contributed by atoms with Crippen molar-refractivity contribution in [3.8, 4) is 0 Å². The SMILES string of the molecule is CCCC(CCC)C(N)c1ccc(F)c(Br)c1. The maximum atomic E-state index is 13.2. The molecule has 0 aliphatic carbocycles. The van der Waals surface area contributed by atoms with Crippen LogP contribution >= 0.6 is 15.9 Å². The lowest BCUT2D eigenvalue weighted by Crippen LogP contribution is -2.21. The van der Waals surface area contributed by atoms with Crippen LogP contribution in [0.15, 0.2) is 22.7 Å². The molecule has 1 atom stereocenters. The van der Waals surface area contributed by atoms with E-state index >= 15 is 0 Å². The third-order valence-electron chi connectivity index (χ3n) is 3.16. The summed E-state index contributed by atoms with van der Waals surface area (Å²) in [4.78, 5) is 0. The Kier molecular flexibility index (Phi) is 6.14. The molecule has 1 aromatic rings. The largest absolute Gasteiger partial charge is 0.324 e. The molecular weight excluding hydrogens is 281 g/mol. The van der Waals surface area contributed by atoms with Crippen LogP contribution in [0.4, 0.5) is 4.39 Å². The number of rotatable bonds is 6. The fourth-order valence-corrected chi connectivity index (χ4v) is 2.63. The molecule has 0 aliphatic rings. The summed E-state index contributed by atoms with van der Waals surface area (Å²) in [7, 11) is 0. The average Bonchev–Trinajstić information content (AvgIpc) is 2.31. The van der Waals surface area contributed by atoms with Crippen molar-refractivity contribution in [3.05, 3.63) is 34.1 Å². The number of hydrogen-bond donors (Lipinski definition) is 1. The van der Waals surface area contributed by atoms with E-state index in [1.807, 2.05) is 0 Å². The number of halogens is 2. The molecule has 0 amide bonds. The Morgan fingerprint density at radius 2 is 1.82 bits per heavy atom. The second kappa shape index (κ2) is 7.12. The lowest BCUT2D eigenvalue weighted by molar-refractivity contribution is 0.368. The Morgan fingerprint density at radius 1 is 1.24 bits per heavy atom. The number of hydrogen-bond acceptors (Lipinski definition) is 1. The molecule has 0 saturated carbocycles. The Bertz CT molecular complexity index is 348. The van der Waals surface area contributed by atoms with Crippen molar-refractivity contribution >= 4 is 15.9 Å².